The van der Waals surface area contributed by atoms with Crippen molar-refractivity contribution >= 4 is 0 Å². The van der Waals surface area contributed by atoms with Gasteiger partial charge in [0.1, 0.15) is 17.4 Å². The number of rotatable bonds is 4. The highest BCUT2D eigenvalue weighted by atomic mass is 19.1. The molecule has 2 heterocycles. The van der Waals surface area contributed by atoms with Crippen LogP contribution in [0, 0.1) is 11.6 Å². The first-order chi connectivity index (χ1) is 13.2. The van der Waals surface area contributed by atoms with Gasteiger partial charge in [0.25, 0.3) is 0 Å². The molecule has 3 aromatic rings. The van der Waals surface area contributed by atoms with Crippen molar-refractivity contribution in [1.82, 2.24) is 9.47 Å². The molecule has 2 aromatic carbocycles. The number of ether oxygens (including phenoxy) is 1. The van der Waals surface area contributed by atoms with Crippen LogP contribution in [0.25, 0.3) is 0 Å². The highest BCUT2D eigenvalue weighted by Crippen LogP contribution is 2.34. The quantitative estimate of drug-likeness (QED) is 0.660. The standard InChI is InChI=1S/C22H22F2N2O/c1-27-17-10-8-16(9-11-17)22-21-7-3-12-25(21)13-4-14-26(22)15-18-19(23)5-2-6-20(18)24/h2-3,5-12,22H,4,13-15H2,1H3. The summed E-state index contributed by atoms with van der Waals surface area (Å²) in [7, 11) is 1.64. The second-order valence-corrected chi connectivity index (χ2v) is 6.83. The number of aromatic nitrogens is 1. The molecule has 0 spiro atoms. The van der Waals surface area contributed by atoms with Crippen LogP contribution in [0.3, 0.4) is 0 Å². The summed E-state index contributed by atoms with van der Waals surface area (Å²) in [5, 5.41) is 0. The van der Waals surface area contributed by atoms with Crippen LogP contribution in [0.5, 0.6) is 5.75 Å². The Morgan fingerprint density at radius 2 is 1.70 bits per heavy atom. The Kier molecular flexibility index (Phi) is 4.94. The van der Waals surface area contributed by atoms with Gasteiger partial charge in [-0.05, 0) is 48.4 Å². The van der Waals surface area contributed by atoms with Gasteiger partial charge in [0, 0.05) is 37.1 Å². The molecule has 3 nitrogen and oxygen atoms in total. The van der Waals surface area contributed by atoms with E-state index in [0.29, 0.717) is 0 Å². The third kappa shape index (κ3) is 3.47. The summed E-state index contributed by atoms with van der Waals surface area (Å²) in [4.78, 5) is 2.15. The summed E-state index contributed by atoms with van der Waals surface area (Å²) in [6.07, 6.45) is 2.99. The average molecular weight is 368 g/mol. The highest BCUT2D eigenvalue weighted by molar-refractivity contribution is 5.35. The molecular weight excluding hydrogens is 346 g/mol. The number of fused-ring (bicyclic) bond motifs is 1. The molecule has 140 valence electrons. The van der Waals surface area contributed by atoms with Crippen molar-refractivity contribution in [3.8, 4) is 5.75 Å². The molecule has 0 N–H and O–H groups in total. The maximum Gasteiger partial charge on any atom is 0.130 e. The Labute approximate surface area is 157 Å². The Morgan fingerprint density at radius 3 is 2.41 bits per heavy atom. The lowest BCUT2D eigenvalue weighted by Gasteiger charge is -2.31. The van der Waals surface area contributed by atoms with Crippen LogP contribution >= 0.6 is 0 Å². The van der Waals surface area contributed by atoms with Crippen LogP contribution < -0.4 is 4.74 Å². The van der Waals surface area contributed by atoms with E-state index < -0.39 is 11.6 Å². The van der Waals surface area contributed by atoms with Gasteiger partial charge in [-0.1, -0.05) is 18.2 Å². The third-order valence-electron chi connectivity index (χ3n) is 5.21. The fourth-order valence-electron chi connectivity index (χ4n) is 3.86. The first-order valence-electron chi connectivity index (χ1n) is 9.13. The molecule has 5 heteroatoms. The van der Waals surface area contributed by atoms with Gasteiger partial charge in [0.05, 0.1) is 13.2 Å². The first-order valence-corrected chi connectivity index (χ1v) is 9.13. The summed E-state index contributed by atoms with van der Waals surface area (Å²) in [5.74, 6) is -0.208. The van der Waals surface area contributed by atoms with Crippen LogP contribution in [-0.4, -0.2) is 23.1 Å². The van der Waals surface area contributed by atoms with Crippen molar-refractivity contribution in [2.24, 2.45) is 0 Å². The fraction of sp³-hybridized carbons (Fsp3) is 0.273. The van der Waals surface area contributed by atoms with Crippen LogP contribution in [0.15, 0.2) is 60.8 Å². The van der Waals surface area contributed by atoms with Crippen molar-refractivity contribution < 1.29 is 13.5 Å². The van der Waals surface area contributed by atoms with Crippen molar-refractivity contribution in [2.45, 2.75) is 25.6 Å². The molecular formula is C22H22F2N2O. The van der Waals surface area contributed by atoms with E-state index in [1.165, 1.54) is 18.2 Å². The molecule has 1 aliphatic heterocycles. The Hall–Kier alpha value is -2.66. The summed E-state index contributed by atoms with van der Waals surface area (Å²) >= 11 is 0. The number of methoxy groups -OCH3 is 1. The van der Waals surface area contributed by atoms with Gasteiger partial charge >= 0.3 is 0 Å². The van der Waals surface area contributed by atoms with Crippen molar-refractivity contribution in [2.75, 3.05) is 13.7 Å². The molecule has 1 unspecified atom stereocenters. The Balaban J connectivity index is 1.76. The van der Waals surface area contributed by atoms with E-state index in [-0.39, 0.29) is 18.2 Å². The van der Waals surface area contributed by atoms with Gasteiger partial charge < -0.3 is 9.30 Å². The molecule has 27 heavy (non-hydrogen) atoms. The van der Waals surface area contributed by atoms with Gasteiger partial charge in [0.15, 0.2) is 0 Å². The summed E-state index contributed by atoms with van der Waals surface area (Å²) in [6, 6.07) is 16.0. The molecule has 0 saturated heterocycles. The molecule has 1 aliphatic rings. The fourth-order valence-corrected chi connectivity index (χ4v) is 3.86. The Bertz CT molecular complexity index is 900. The third-order valence-corrected chi connectivity index (χ3v) is 5.21. The number of hydrogen-bond donors (Lipinski definition) is 0. The van der Waals surface area contributed by atoms with E-state index in [4.69, 9.17) is 4.74 Å². The van der Waals surface area contributed by atoms with Crippen molar-refractivity contribution in [3.63, 3.8) is 0 Å². The lowest BCUT2D eigenvalue weighted by atomic mass is 10.0. The molecule has 0 saturated carbocycles. The van der Waals surface area contributed by atoms with E-state index in [1.807, 2.05) is 30.3 Å². The SMILES string of the molecule is COc1ccc(C2c3cccn3CCCN2Cc2c(F)cccc2F)cc1. The second-order valence-electron chi connectivity index (χ2n) is 6.83. The molecule has 0 fully saturated rings. The van der Waals surface area contributed by atoms with Gasteiger partial charge in [-0.3, -0.25) is 4.90 Å². The summed E-state index contributed by atoms with van der Waals surface area (Å²) < 4.78 is 36.1. The minimum Gasteiger partial charge on any atom is -0.497 e. The van der Waals surface area contributed by atoms with Crippen LogP contribution in [0.1, 0.15) is 29.3 Å². The largest absolute Gasteiger partial charge is 0.497 e. The minimum atomic E-state index is -0.497. The molecule has 0 amide bonds. The van der Waals surface area contributed by atoms with Crippen LogP contribution in [0.2, 0.25) is 0 Å². The van der Waals surface area contributed by atoms with E-state index in [2.05, 4.69) is 21.7 Å². The zero-order valence-corrected chi connectivity index (χ0v) is 15.2. The van der Waals surface area contributed by atoms with E-state index >= 15 is 0 Å². The average Bonchev–Trinajstić information content (AvgIpc) is 3.06. The number of aryl methyl sites for hydroxylation is 1. The zero-order chi connectivity index (χ0) is 18.8. The molecule has 1 aromatic heterocycles. The van der Waals surface area contributed by atoms with E-state index in [1.54, 1.807) is 7.11 Å². The monoisotopic (exact) mass is 368 g/mol. The highest BCUT2D eigenvalue weighted by Gasteiger charge is 2.28. The molecule has 0 radical (unpaired) electrons. The lowest BCUT2D eigenvalue weighted by molar-refractivity contribution is 0.214. The van der Waals surface area contributed by atoms with Gasteiger partial charge in [-0.2, -0.15) is 0 Å². The molecule has 1 atom stereocenters. The van der Waals surface area contributed by atoms with Crippen LogP contribution in [-0.2, 0) is 13.1 Å². The van der Waals surface area contributed by atoms with Gasteiger partial charge in [0.2, 0.25) is 0 Å². The summed E-state index contributed by atoms with van der Waals surface area (Å²) in [6.45, 7) is 1.87. The smallest absolute Gasteiger partial charge is 0.130 e. The van der Waals surface area contributed by atoms with E-state index in [0.717, 1.165) is 36.5 Å². The molecule has 0 aliphatic carbocycles. The topological polar surface area (TPSA) is 17.4 Å². The lowest BCUT2D eigenvalue weighted by Crippen LogP contribution is -2.30. The predicted octanol–water partition coefficient (Wildman–Crippen LogP) is 4.77. The summed E-state index contributed by atoms with van der Waals surface area (Å²) in [5.41, 5.74) is 2.33. The second kappa shape index (κ2) is 7.53. The molecule has 0 bridgehead atoms. The Morgan fingerprint density at radius 1 is 0.963 bits per heavy atom. The van der Waals surface area contributed by atoms with Gasteiger partial charge in [-0.25, -0.2) is 8.78 Å². The van der Waals surface area contributed by atoms with Crippen molar-refractivity contribution in [3.05, 3.63) is 89.2 Å². The number of hydrogen-bond acceptors (Lipinski definition) is 2. The maximum absolute atomic E-state index is 14.3. The minimum absolute atomic E-state index is 0.0765. The number of nitrogens with zero attached hydrogens (tertiary/aromatic N) is 2. The first kappa shape index (κ1) is 17.7. The van der Waals surface area contributed by atoms with E-state index in [9.17, 15) is 8.78 Å². The molecule has 4 rings (SSSR count). The number of halogens is 2. The normalized spacial score (nSPS) is 17.4. The van der Waals surface area contributed by atoms with Crippen molar-refractivity contribution in [1.29, 1.82) is 0 Å². The number of benzene rings is 2. The zero-order valence-electron chi connectivity index (χ0n) is 15.2. The van der Waals surface area contributed by atoms with Crippen LogP contribution in [0.4, 0.5) is 8.78 Å². The van der Waals surface area contributed by atoms with Gasteiger partial charge in [-0.15, -0.1) is 0 Å². The predicted molar refractivity (Wildman–Crippen MR) is 101 cm³/mol. The maximum atomic E-state index is 14.3.